The topological polar surface area (TPSA) is 17.1 Å². The van der Waals surface area contributed by atoms with Crippen molar-refractivity contribution in [1.29, 1.82) is 0 Å². The molecule has 1 aromatic carbocycles. The lowest BCUT2D eigenvalue weighted by molar-refractivity contribution is 0.0978. The van der Waals surface area contributed by atoms with Gasteiger partial charge in [0, 0.05) is 12.0 Å². The molecule has 118 valence electrons. The lowest BCUT2D eigenvalue weighted by Gasteiger charge is -2.05. The van der Waals surface area contributed by atoms with Crippen LogP contribution < -0.4 is 0 Å². The van der Waals surface area contributed by atoms with Gasteiger partial charge in [0.15, 0.2) is 5.78 Å². The molecule has 0 unspecified atom stereocenters. The zero-order chi connectivity index (χ0) is 15.5. The first-order valence-corrected chi connectivity index (χ1v) is 8.44. The second-order valence-corrected chi connectivity index (χ2v) is 5.96. The third-order valence-corrected chi connectivity index (χ3v) is 4.00. The van der Waals surface area contributed by atoms with Gasteiger partial charge in [-0.3, -0.25) is 4.79 Å². The Bertz CT molecular complexity index is 426. The van der Waals surface area contributed by atoms with Gasteiger partial charge in [-0.1, -0.05) is 58.3 Å². The lowest BCUT2D eigenvalue weighted by Crippen LogP contribution is -2.02. The van der Waals surface area contributed by atoms with Gasteiger partial charge >= 0.3 is 0 Å². The van der Waals surface area contributed by atoms with Crippen LogP contribution in [0.5, 0.6) is 0 Å². The van der Waals surface area contributed by atoms with E-state index in [0.717, 1.165) is 18.4 Å². The molecule has 21 heavy (non-hydrogen) atoms. The van der Waals surface area contributed by atoms with Gasteiger partial charge in [-0.25, -0.2) is 4.39 Å². The van der Waals surface area contributed by atoms with E-state index in [1.165, 1.54) is 57.1 Å². The predicted octanol–water partition coefficient (Wildman–Crippen LogP) is 6.24. The first-order chi connectivity index (χ1) is 10.1. The van der Waals surface area contributed by atoms with Gasteiger partial charge < -0.3 is 0 Å². The predicted molar refractivity (Wildman–Crippen MR) is 87.3 cm³/mol. The van der Waals surface area contributed by atoms with Crippen LogP contribution in [0.2, 0.25) is 0 Å². The minimum absolute atomic E-state index is 0.149. The van der Waals surface area contributed by atoms with Crippen LogP contribution in [0, 0.1) is 12.7 Å². The molecule has 0 fully saturated rings. The first-order valence-electron chi connectivity index (χ1n) is 8.44. The van der Waals surface area contributed by atoms with E-state index in [9.17, 15) is 9.18 Å². The molecule has 0 N–H and O–H groups in total. The molecular formula is C19H29FO. The van der Waals surface area contributed by atoms with Crippen LogP contribution in [-0.2, 0) is 0 Å². The summed E-state index contributed by atoms with van der Waals surface area (Å²) in [5.74, 6) is -0.123. The van der Waals surface area contributed by atoms with Gasteiger partial charge in [-0.15, -0.1) is 0 Å². The zero-order valence-corrected chi connectivity index (χ0v) is 13.6. The molecule has 1 rings (SSSR count). The van der Waals surface area contributed by atoms with Gasteiger partial charge in [0.05, 0.1) is 0 Å². The van der Waals surface area contributed by atoms with E-state index < -0.39 is 0 Å². The van der Waals surface area contributed by atoms with Crippen molar-refractivity contribution in [3.05, 3.63) is 35.1 Å². The largest absolute Gasteiger partial charge is 0.294 e. The molecular weight excluding hydrogens is 263 g/mol. The Hall–Kier alpha value is -1.18. The van der Waals surface area contributed by atoms with Crippen molar-refractivity contribution in [2.24, 2.45) is 0 Å². The molecule has 0 aliphatic rings. The SMILES string of the molecule is CCCCCCCCCCCC(=O)c1ccc(F)cc1C. The molecule has 0 bridgehead atoms. The van der Waals surface area contributed by atoms with E-state index in [0.29, 0.717) is 12.0 Å². The summed E-state index contributed by atoms with van der Waals surface area (Å²) >= 11 is 0. The number of carbonyl (C=O) groups excluding carboxylic acids is 1. The number of rotatable bonds is 11. The van der Waals surface area contributed by atoms with Gasteiger partial charge in [-0.2, -0.15) is 0 Å². The van der Waals surface area contributed by atoms with Crippen LogP contribution >= 0.6 is 0 Å². The van der Waals surface area contributed by atoms with Crippen LogP contribution in [0.1, 0.15) is 87.1 Å². The minimum atomic E-state index is -0.271. The highest BCUT2D eigenvalue weighted by atomic mass is 19.1. The second kappa shape index (κ2) is 10.5. The minimum Gasteiger partial charge on any atom is -0.294 e. The molecule has 0 atom stereocenters. The van der Waals surface area contributed by atoms with Gasteiger partial charge in [-0.05, 0) is 37.1 Å². The van der Waals surface area contributed by atoms with Crippen LogP contribution in [0.3, 0.4) is 0 Å². The Balaban J connectivity index is 2.11. The molecule has 0 spiro atoms. The number of aryl methyl sites for hydroxylation is 1. The summed E-state index contributed by atoms with van der Waals surface area (Å²) in [5.41, 5.74) is 1.42. The molecule has 1 aromatic rings. The molecule has 2 heteroatoms. The van der Waals surface area contributed by atoms with E-state index in [2.05, 4.69) is 6.92 Å². The van der Waals surface area contributed by atoms with Crippen LogP contribution in [0.4, 0.5) is 4.39 Å². The molecule has 0 aromatic heterocycles. The van der Waals surface area contributed by atoms with E-state index in [4.69, 9.17) is 0 Å². The molecule has 0 aliphatic carbocycles. The molecule has 1 nitrogen and oxygen atoms in total. The summed E-state index contributed by atoms with van der Waals surface area (Å²) in [7, 11) is 0. The van der Waals surface area contributed by atoms with E-state index in [1.807, 2.05) is 0 Å². The van der Waals surface area contributed by atoms with Gasteiger partial charge in [0.1, 0.15) is 5.82 Å². The van der Waals surface area contributed by atoms with Gasteiger partial charge in [0.2, 0.25) is 0 Å². The Labute approximate surface area is 129 Å². The lowest BCUT2D eigenvalue weighted by atomic mass is 9.99. The number of benzene rings is 1. The summed E-state index contributed by atoms with van der Waals surface area (Å²) in [6.45, 7) is 4.03. The summed E-state index contributed by atoms with van der Waals surface area (Å²) < 4.78 is 13.0. The van der Waals surface area contributed by atoms with Gasteiger partial charge in [0.25, 0.3) is 0 Å². The molecule has 0 saturated heterocycles. The van der Waals surface area contributed by atoms with Crippen molar-refractivity contribution in [3.63, 3.8) is 0 Å². The highest BCUT2D eigenvalue weighted by Gasteiger charge is 2.09. The van der Waals surface area contributed by atoms with Crippen molar-refractivity contribution < 1.29 is 9.18 Å². The van der Waals surface area contributed by atoms with Crippen LogP contribution in [0.15, 0.2) is 18.2 Å². The maximum atomic E-state index is 13.0. The Morgan fingerprint density at radius 1 is 0.952 bits per heavy atom. The third kappa shape index (κ3) is 7.40. The van der Waals surface area contributed by atoms with Crippen molar-refractivity contribution in [2.45, 2.75) is 78.1 Å². The van der Waals surface area contributed by atoms with E-state index >= 15 is 0 Å². The maximum Gasteiger partial charge on any atom is 0.163 e. The highest BCUT2D eigenvalue weighted by molar-refractivity contribution is 5.97. The smallest absolute Gasteiger partial charge is 0.163 e. The van der Waals surface area contributed by atoms with E-state index in [-0.39, 0.29) is 11.6 Å². The molecule has 0 radical (unpaired) electrons. The van der Waals surface area contributed by atoms with E-state index in [1.54, 1.807) is 13.0 Å². The first kappa shape index (κ1) is 17.9. The van der Waals surface area contributed by atoms with Crippen LogP contribution in [0.25, 0.3) is 0 Å². The second-order valence-electron chi connectivity index (χ2n) is 5.96. The number of ketones is 1. The maximum absolute atomic E-state index is 13.0. The normalized spacial score (nSPS) is 10.8. The molecule has 0 saturated carbocycles. The Kier molecular flexibility index (Phi) is 8.96. The van der Waals surface area contributed by atoms with Crippen molar-refractivity contribution in [1.82, 2.24) is 0 Å². The summed E-state index contributed by atoms with van der Waals surface area (Å²) in [6.07, 6.45) is 11.9. The fraction of sp³-hybridized carbons (Fsp3) is 0.632. The van der Waals surface area contributed by atoms with Crippen LogP contribution in [-0.4, -0.2) is 5.78 Å². The Morgan fingerprint density at radius 2 is 1.52 bits per heavy atom. The summed E-state index contributed by atoms with van der Waals surface area (Å²) in [5, 5.41) is 0. The quantitative estimate of drug-likeness (QED) is 0.348. The highest BCUT2D eigenvalue weighted by Crippen LogP contribution is 2.15. The average molecular weight is 292 g/mol. The third-order valence-electron chi connectivity index (χ3n) is 4.00. The summed E-state index contributed by atoms with van der Waals surface area (Å²) in [4.78, 5) is 12.1. The zero-order valence-electron chi connectivity index (χ0n) is 13.6. The standard InChI is InChI=1S/C19H29FO/c1-3-4-5-6-7-8-9-10-11-12-19(21)18-14-13-17(20)15-16(18)2/h13-15H,3-12H2,1-2H3. The van der Waals surface area contributed by atoms with Crippen molar-refractivity contribution in [2.75, 3.05) is 0 Å². The number of carbonyl (C=O) groups is 1. The number of unbranched alkanes of at least 4 members (excludes halogenated alkanes) is 8. The molecule has 0 amide bonds. The summed E-state index contributed by atoms with van der Waals surface area (Å²) in [6, 6.07) is 4.42. The molecule has 0 heterocycles. The average Bonchev–Trinajstić information content (AvgIpc) is 2.45. The fourth-order valence-corrected chi connectivity index (χ4v) is 2.67. The number of hydrogen-bond donors (Lipinski definition) is 0. The Morgan fingerprint density at radius 3 is 2.10 bits per heavy atom. The fourth-order valence-electron chi connectivity index (χ4n) is 2.67. The monoisotopic (exact) mass is 292 g/mol. The van der Waals surface area contributed by atoms with Crippen molar-refractivity contribution >= 4 is 5.78 Å². The molecule has 0 aliphatic heterocycles. The number of halogens is 1. The number of hydrogen-bond acceptors (Lipinski definition) is 1. The van der Waals surface area contributed by atoms with Crippen molar-refractivity contribution in [3.8, 4) is 0 Å². The number of Topliss-reactive ketones (excluding diaryl/α,β-unsaturated/α-hetero) is 1.